The summed E-state index contributed by atoms with van der Waals surface area (Å²) in [5.74, 6) is -0.307. The van der Waals surface area contributed by atoms with Crippen molar-refractivity contribution in [1.29, 1.82) is 0 Å². The normalized spacial score (nSPS) is 11.0. The second-order valence-electron chi connectivity index (χ2n) is 5.27. The summed E-state index contributed by atoms with van der Waals surface area (Å²) in [5, 5.41) is 0. The Kier molecular flexibility index (Phi) is 3.05. The molecular weight excluding hydrogens is 291 g/mol. The van der Waals surface area contributed by atoms with Gasteiger partial charge in [-0.3, -0.25) is 9.38 Å². The topological polar surface area (TPSA) is 56.2 Å². The lowest BCUT2D eigenvalue weighted by Gasteiger charge is -2.05. The summed E-state index contributed by atoms with van der Waals surface area (Å²) < 4.78 is 15.3. The van der Waals surface area contributed by atoms with Crippen molar-refractivity contribution in [2.75, 3.05) is 5.73 Å². The molecule has 2 N–H and O–H groups in total. The predicted octanol–water partition coefficient (Wildman–Crippen LogP) is 3.78. The zero-order valence-electron chi connectivity index (χ0n) is 12.1. The number of fused-ring (bicyclic) bond motifs is 1. The van der Waals surface area contributed by atoms with Crippen LogP contribution in [0.3, 0.4) is 0 Å². The Morgan fingerprint density at radius 1 is 0.957 bits per heavy atom. The number of halogens is 1. The molecule has 0 saturated heterocycles. The lowest BCUT2D eigenvalue weighted by molar-refractivity contribution is 0.626. The highest BCUT2D eigenvalue weighted by Crippen LogP contribution is 2.25. The molecule has 0 spiro atoms. The first-order chi connectivity index (χ1) is 11.2. The molecule has 0 atom stereocenters. The third kappa shape index (κ3) is 2.42. The average molecular weight is 304 g/mol. The second-order valence-corrected chi connectivity index (χ2v) is 5.27. The fraction of sp³-hybridized carbons (Fsp3) is 0. The Balaban J connectivity index is 1.83. The molecule has 4 nitrogen and oxygen atoms in total. The van der Waals surface area contributed by atoms with Gasteiger partial charge < -0.3 is 5.73 Å². The van der Waals surface area contributed by atoms with E-state index in [2.05, 4.69) is 9.97 Å². The van der Waals surface area contributed by atoms with Gasteiger partial charge in [0.25, 0.3) is 0 Å². The summed E-state index contributed by atoms with van der Waals surface area (Å²) >= 11 is 0. The van der Waals surface area contributed by atoms with Gasteiger partial charge in [0, 0.05) is 35.3 Å². The van der Waals surface area contributed by atoms with Crippen LogP contribution in [0.15, 0.2) is 67.1 Å². The van der Waals surface area contributed by atoms with Crippen molar-refractivity contribution in [3.8, 4) is 22.5 Å². The molecule has 3 aromatic heterocycles. The molecule has 1 aromatic carbocycles. The maximum absolute atomic E-state index is 13.4. The van der Waals surface area contributed by atoms with E-state index in [9.17, 15) is 4.39 Å². The van der Waals surface area contributed by atoms with Gasteiger partial charge in [-0.25, -0.2) is 9.37 Å². The SMILES string of the molecule is Nc1cccc(-c2cnc3cc(-c4cc(F)ccn4)ccn23)c1. The molecular formula is C18H13FN4. The third-order valence-electron chi connectivity index (χ3n) is 3.71. The number of benzene rings is 1. The Bertz CT molecular complexity index is 1010. The fourth-order valence-electron chi connectivity index (χ4n) is 2.61. The van der Waals surface area contributed by atoms with Crippen molar-refractivity contribution >= 4 is 11.3 Å². The molecule has 0 radical (unpaired) electrons. The number of anilines is 1. The Hall–Kier alpha value is -3.21. The summed E-state index contributed by atoms with van der Waals surface area (Å²) in [7, 11) is 0. The van der Waals surface area contributed by atoms with Crippen LogP contribution in [-0.4, -0.2) is 14.4 Å². The van der Waals surface area contributed by atoms with E-state index in [-0.39, 0.29) is 5.82 Å². The maximum Gasteiger partial charge on any atom is 0.137 e. The number of nitrogens with zero attached hydrogens (tertiary/aromatic N) is 3. The average Bonchev–Trinajstić information content (AvgIpc) is 2.98. The van der Waals surface area contributed by atoms with Crippen molar-refractivity contribution < 1.29 is 4.39 Å². The molecule has 0 aliphatic carbocycles. The smallest absolute Gasteiger partial charge is 0.137 e. The van der Waals surface area contributed by atoms with Crippen molar-refractivity contribution in [2.45, 2.75) is 0 Å². The van der Waals surface area contributed by atoms with Crippen molar-refractivity contribution in [1.82, 2.24) is 14.4 Å². The van der Waals surface area contributed by atoms with Crippen LogP contribution in [0, 0.1) is 5.82 Å². The van der Waals surface area contributed by atoms with Crippen LogP contribution < -0.4 is 5.73 Å². The van der Waals surface area contributed by atoms with Crippen molar-refractivity contribution in [3.63, 3.8) is 0 Å². The number of nitrogens with two attached hydrogens (primary N) is 1. The van der Waals surface area contributed by atoms with E-state index in [1.165, 1.54) is 18.3 Å². The summed E-state index contributed by atoms with van der Waals surface area (Å²) in [5.41, 5.74) is 10.7. The number of rotatable bonds is 2. The van der Waals surface area contributed by atoms with Crippen LogP contribution in [0.4, 0.5) is 10.1 Å². The van der Waals surface area contributed by atoms with Gasteiger partial charge >= 0.3 is 0 Å². The van der Waals surface area contributed by atoms with Crippen LogP contribution in [-0.2, 0) is 0 Å². The Morgan fingerprint density at radius 2 is 1.87 bits per heavy atom. The van der Waals surface area contributed by atoms with Crippen LogP contribution in [0.2, 0.25) is 0 Å². The standard InChI is InChI=1S/C18H13FN4/c19-14-4-6-21-16(10-14)12-5-7-23-17(11-22-18(23)9-12)13-2-1-3-15(20)8-13/h1-11H,20H2. The molecule has 0 amide bonds. The maximum atomic E-state index is 13.4. The molecule has 0 saturated carbocycles. The van der Waals surface area contributed by atoms with Crippen LogP contribution in [0.25, 0.3) is 28.2 Å². The van der Waals surface area contributed by atoms with Gasteiger partial charge in [-0.1, -0.05) is 12.1 Å². The van der Waals surface area contributed by atoms with Crippen LogP contribution in [0.1, 0.15) is 0 Å². The highest BCUT2D eigenvalue weighted by molar-refractivity contribution is 5.70. The number of aromatic nitrogens is 3. The summed E-state index contributed by atoms with van der Waals surface area (Å²) in [4.78, 5) is 8.63. The van der Waals surface area contributed by atoms with E-state index < -0.39 is 0 Å². The second kappa shape index (κ2) is 5.21. The molecule has 0 aliphatic heterocycles. The minimum Gasteiger partial charge on any atom is -0.399 e. The highest BCUT2D eigenvalue weighted by Gasteiger charge is 2.08. The van der Waals surface area contributed by atoms with Gasteiger partial charge in [-0.2, -0.15) is 0 Å². The molecule has 0 bridgehead atoms. The van der Waals surface area contributed by atoms with E-state index in [0.717, 1.165) is 22.5 Å². The quantitative estimate of drug-likeness (QED) is 0.573. The molecule has 3 heterocycles. The summed E-state index contributed by atoms with van der Waals surface area (Å²) in [6, 6.07) is 14.2. The lowest BCUT2D eigenvalue weighted by atomic mass is 10.1. The number of pyridine rings is 2. The molecule has 0 unspecified atom stereocenters. The lowest BCUT2D eigenvalue weighted by Crippen LogP contribution is -1.91. The van der Waals surface area contributed by atoms with Gasteiger partial charge in [-0.15, -0.1) is 0 Å². The fourth-order valence-corrected chi connectivity index (χ4v) is 2.61. The third-order valence-corrected chi connectivity index (χ3v) is 3.71. The predicted molar refractivity (Wildman–Crippen MR) is 88.2 cm³/mol. The highest BCUT2D eigenvalue weighted by atomic mass is 19.1. The van der Waals surface area contributed by atoms with Gasteiger partial charge in [-0.05, 0) is 30.3 Å². The van der Waals surface area contributed by atoms with Gasteiger partial charge in [0.15, 0.2) is 0 Å². The first-order valence-electron chi connectivity index (χ1n) is 7.16. The minimum absolute atomic E-state index is 0.307. The first kappa shape index (κ1) is 13.5. The van der Waals surface area contributed by atoms with Crippen molar-refractivity contribution in [3.05, 3.63) is 72.9 Å². The van der Waals surface area contributed by atoms with Crippen molar-refractivity contribution in [2.24, 2.45) is 0 Å². The van der Waals surface area contributed by atoms with E-state index in [0.29, 0.717) is 11.4 Å². The molecule has 23 heavy (non-hydrogen) atoms. The van der Waals surface area contributed by atoms with E-state index >= 15 is 0 Å². The number of hydrogen-bond acceptors (Lipinski definition) is 3. The van der Waals surface area contributed by atoms with Crippen LogP contribution >= 0.6 is 0 Å². The summed E-state index contributed by atoms with van der Waals surface area (Å²) in [6.07, 6.45) is 5.16. The molecule has 4 rings (SSSR count). The summed E-state index contributed by atoms with van der Waals surface area (Å²) in [6.45, 7) is 0. The van der Waals surface area contributed by atoms with E-state index in [1.54, 1.807) is 6.20 Å². The minimum atomic E-state index is -0.307. The number of nitrogen functional groups attached to an aromatic ring is 1. The zero-order chi connectivity index (χ0) is 15.8. The largest absolute Gasteiger partial charge is 0.399 e. The van der Waals surface area contributed by atoms with Gasteiger partial charge in [0.05, 0.1) is 17.6 Å². The zero-order valence-corrected chi connectivity index (χ0v) is 12.1. The van der Waals surface area contributed by atoms with E-state index in [4.69, 9.17) is 5.73 Å². The van der Waals surface area contributed by atoms with Gasteiger partial charge in [0.2, 0.25) is 0 Å². The molecule has 4 aromatic rings. The molecule has 0 fully saturated rings. The number of imidazole rings is 1. The van der Waals surface area contributed by atoms with Crippen LogP contribution in [0.5, 0.6) is 0 Å². The van der Waals surface area contributed by atoms with E-state index in [1.807, 2.05) is 47.0 Å². The molecule has 112 valence electrons. The Labute approximate surface area is 132 Å². The van der Waals surface area contributed by atoms with Gasteiger partial charge in [0.1, 0.15) is 11.5 Å². The Morgan fingerprint density at radius 3 is 2.70 bits per heavy atom. The number of hydrogen-bond donors (Lipinski definition) is 1. The monoisotopic (exact) mass is 304 g/mol. The molecule has 5 heteroatoms. The first-order valence-corrected chi connectivity index (χ1v) is 7.16. The molecule has 0 aliphatic rings.